The van der Waals surface area contributed by atoms with Crippen molar-refractivity contribution < 1.29 is 4.74 Å². The van der Waals surface area contributed by atoms with Gasteiger partial charge in [0.2, 0.25) is 0 Å². The van der Waals surface area contributed by atoms with Gasteiger partial charge in [0.25, 0.3) is 0 Å². The predicted molar refractivity (Wildman–Crippen MR) is 73.4 cm³/mol. The summed E-state index contributed by atoms with van der Waals surface area (Å²) in [6.45, 7) is 14.6. The number of hydrogen-bond donors (Lipinski definition) is 1. The van der Waals surface area contributed by atoms with E-state index in [-0.39, 0.29) is 5.54 Å². The number of nitrogens with zero attached hydrogens (tertiary/aromatic N) is 1. The van der Waals surface area contributed by atoms with Crippen molar-refractivity contribution in [1.82, 2.24) is 10.2 Å². The van der Waals surface area contributed by atoms with Gasteiger partial charge in [-0.1, -0.05) is 13.8 Å². The zero-order valence-electron chi connectivity index (χ0n) is 12.4. The lowest BCUT2D eigenvalue weighted by atomic mass is 9.94. The number of piperazine rings is 1. The van der Waals surface area contributed by atoms with Crippen LogP contribution in [0.2, 0.25) is 0 Å². The standard InChI is InChI=1S/C14H30N2O/c1-11(2)7-13-8-15-14(4,5)10-16(13)9-12(3)17-6/h11-13,15H,7-10H2,1-6H3. The molecule has 1 fully saturated rings. The molecule has 0 aliphatic carbocycles. The van der Waals surface area contributed by atoms with Crippen molar-refractivity contribution in [3.63, 3.8) is 0 Å². The molecule has 0 aromatic rings. The van der Waals surface area contributed by atoms with E-state index in [4.69, 9.17) is 4.74 Å². The summed E-state index contributed by atoms with van der Waals surface area (Å²) >= 11 is 0. The van der Waals surface area contributed by atoms with Crippen LogP contribution in [0.25, 0.3) is 0 Å². The van der Waals surface area contributed by atoms with E-state index in [1.807, 2.05) is 0 Å². The fourth-order valence-electron chi connectivity index (χ4n) is 2.61. The molecule has 1 N–H and O–H groups in total. The predicted octanol–water partition coefficient (Wildman–Crippen LogP) is 2.12. The molecule has 17 heavy (non-hydrogen) atoms. The Balaban J connectivity index is 2.61. The van der Waals surface area contributed by atoms with E-state index in [2.05, 4.69) is 44.8 Å². The van der Waals surface area contributed by atoms with Crippen molar-refractivity contribution >= 4 is 0 Å². The number of nitrogens with one attached hydrogen (secondary N) is 1. The topological polar surface area (TPSA) is 24.5 Å². The number of ether oxygens (including phenoxy) is 1. The van der Waals surface area contributed by atoms with E-state index in [0.29, 0.717) is 12.1 Å². The highest BCUT2D eigenvalue weighted by atomic mass is 16.5. The molecule has 1 rings (SSSR count). The first-order valence-corrected chi connectivity index (χ1v) is 6.86. The van der Waals surface area contributed by atoms with Gasteiger partial charge in [-0.3, -0.25) is 4.90 Å². The molecule has 0 aromatic carbocycles. The largest absolute Gasteiger partial charge is 0.380 e. The van der Waals surface area contributed by atoms with Gasteiger partial charge in [-0.05, 0) is 33.1 Å². The lowest BCUT2D eigenvalue weighted by Gasteiger charge is -2.46. The molecule has 3 nitrogen and oxygen atoms in total. The van der Waals surface area contributed by atoms with Crippen LogP contribution in [-0.4, -0.2) is 49.3 Å². The third kappa shape index (κ3) is 4.94. The molecule has 0 saturated carbocycles. The highest BCUT2D eigenvalue weighted by Crippen LogP contribution is 2.20. The Bertz CT molecular complexity index is 228. The van der Waals surface area contributed by atoms with Gasteiger partial charge in [-0.25, -0.2) is 0 Å². The summed E-state index contributed by atoms with van der Waals surface area (Å²) in [5.41, 5.74) is 0.223. The van der Waals surface area contributed by atoms with Crippen molar-refractivity contribution in [1.29, 1.82) is 0 Å². The lowest BCUT2D eigenvalue weighted by molar-refractivity contribution is 0.0219. The van der Waals surface area contributed by atoms with Crippen LogP contribution >= 0.6 is 0 Å². The Morgan fingerprint density at radius 1 is 1.35 bits per heavy atom. The van der Waals surface area contributed by atoms with Crippen LogP contribution in [0.15, 0.2) is 0 Å². The average Bonchev–Trinajstić information content (AvgIpc) is 2.21. The number of hydrogen-bond acceptors (Lipinski definition) is 3. The monoisotopic (exact) mass is 242 g/mol. The highest BCUT2D eigenvalue weighted by molar-refractivity contribution is 4.92. The van der Waals surface area contributed by atoms with E-state index in [1.165, 1.54) is 6.42 Å². The van der Waals surface area contributed by atoms with E-state index >= 15 is 0 Å². The maximum atomic E-state index is 5.41. The van der Waals surface area contributed by atoms with E-state index in [1.54, 1.807) is 7.11 Å². The maximum absolute atomic E-state index is 5.41. The van der Waals surface area contributed by atoms with E-state index in [0.717, 1.165) is 25.6 Å². The van der Waals surface area contributed by atoms with Gasteiger partial charge < -0.3 is 10.1 Å². The molecule has 2 atom stereocenters. The molecule has 1 aliphatic heterocycles. The van der Waals surface area contributed by atoms with Crippen molar-refractivity contribution in [3.05, 3.63) is 0 Å². The number of rotatable bonds is 5. The third-order valence-electron chi connectivity index (χ3n) is 3.57. The van der Waals surface area contributed by atoms with E-state index < -0.39 is 0 Å². The van der Waals surface area contributed by atoms with E-state index in [9.17, 15) is 0 Å². The summed E-state index contributed by atoms with van der Waals surface area (Å²) in [6, 6.07) is 0.653. The Morgan fingerprint density at radius 3 is 2.53 bits per heavy atom. The summed E-state index contributed by atoms with van der Waals surface area (Å²) in [7, 11) is 1.80. The summed E-state index contributed by atoms with van der Waals surface area (Å²) in [5.74, 6) is 0.753. The molecule has 2 unspecified atom stereocenters. The van der Waals surface area contributed by atoms with Gasteiger partial charge in [0, 0.05) is 38.3 Å². The zero-order chi connectivity index (χ0) is 13.1. The zero-order valence-corrected chi connectivity index (χ0v) is 12.4. The molecule has 0 amide bonds. The van der Waals surface area contributed by atoms with Crippen molar-refractivity contribution in [2.45, 2.75) is 58.7 Å². The van der Waals surface area contributed by atoms with Crippen LogP contribution in [0.3, 0.4) is 0 Å². The minimum atomic E-state index is 0.223. The van der Waals surface area contributed by atoms with Crippen LogP contribution in [0.4, 0.5) is 0 Å². The SMILES string of the molecule is COC(C)CN1CC(C)(C)NCC1CC(C)C. The summed E-state index contributed by atoms with van der Waals surface area (Å²) in [4.78, 5) is 2.60. The molecule has 3 heteroatoms. The average molecular weight is 242 g/mol. The third-order valence-corrected chi connectivity index (χ3v) is 3.57. The van der Waals surface area contributed by atoms with Crippen LogP contribution in [0.5, 0.6) is 0 Å². The van der Waals surface area contributed by atoms with Crippen LogP contribution in [0, 0.1) is 5.92 Å². The highest BCUT2D eigenvalue weighted by Gasteiger charge is 2.33. The van der Waals surface area contributed by atoms with Gasteiger partial charge in [0.1, 0.15) is 0 Å². The van der Waals surface area contributed by atoms with Crippen LogP contribution in [0.1, 0.15) is 41.0 Å². The molecule has 0 aromatic heterocycles. The van der Waals surface area contributed by atoms with Gasteiger partial charge in [0.15, 0.2) is 0 Å². The molecule has 1 aliphatic rings. The molecule has 102 valence electrons. The first kappa shape index (κ1) is 14.9. The summed E-state index contributed by atoms with van der Waals surface area (Å²) in [5, 5.41) is 3.65. The molecule has 0 radical (unpaired) electrons. The molecular formula is C14H30N2O. The molecule has 0 spiro atoms. The van der Waals surface area contributed by atoms with Crippen molar-refractivity contribution in [3.8, 4) is 0 Å². The first-order valence-electron chi connectivity index (χ1n) is 6.86. The second-order valence-corrected chi connectivity index (χ2v) is 6.52. The van der Waals surface area contributed by atoms with Crippen LogP contribution < -0.4 is 5.32 Å². The Morgan fingerprint density at radius 2 is 2.00 bits per heavy atom. The second kappa shape index (κ2) is 6.17. The van der Waals surface area contributed by atoms with Gasteiger partial charge in [-0.2, -0.15) is 0 Å². The second-order valence-electron chi connectivity index (χ2n) is 6.52. The Hall–Kier alpha value is -0.120. The minimum Gasteiger partial charge on any atom is -0.380 e. The minimum absolute atomic E-state index is 0.223. The molecule has 0 bridgehead atoms. The van der Waals surface area contributed by atoms with Crippen molar-refractivity contribution in [2.75, 3.05) is 26.7 Å². The fraction of sp³-hybridized carbons (Fsp3) is 1.00. The van der Waals surface area contributed by atoms with Crippen molar-refractivity contribution in [2.24, 2.45) is 5.92 Å². The summed E-state index contributed by atoms with van der Waals surface area (Å²) in [6.07, 6.45) is 1.58. The lowest BCUT2D eigenvalue weighted by Crippen LogP contribution is -2.62. The molecular weight excluding hydrogens is 212 g/mol. The smallest absolute Gasteiger partial charge is 0.0670 e. The van der Waals surface area contributed by atoms with Gasteiger partial charge in [0.05, 0.1) is 6.10 Å². The quantitative estimate of drug-likeness (QED) is 0.799. The molecule has 1 saturated heterocycles. The Kier molecular flexibility index (Phi) is 5.42. The number of methoxy groups -OCH3 is 1. The molecule has 1 heterocycles. The summed E-state index contributed by atoms with van der Waals surface area (Å²) < 4.78 is 5.41. The first-order chi connectivity index (χ1) is 7.84. The van der Waals surface area contributed by atoms with Gasteiger partial charge >= 0.3 is 0 Å². The van der Waals surface area contributed by atoms with Crippen LogP contribution in [-0.2, 0) is 4.74 Å². The Labute approximate surface area is 107 Å². The fourth-order valence-corrected chi connectivity index (χ4v) is 2.61. The normalized spacial score (nSPS) is 27.4. The van der Waals surface area contributed by atoms with Gasteiger partial charge in [-0.15, -0.1) is 0 Å². The maximum Gasteiger partial charge on any atom is 0.0670 e.